The van der Waals surface area contributed by atoms with Crippen molar-refractivity contribution in [1.29, 1.82) is 0 Å². The zero-order chi connectivity index (χ0) is 25.3. The molecule has 1 N–H and O–H groups in total. The number of fused-ring (bicyclic) bond motifs is 9. The molecule has 11 heteroatoms. The van der Waals surface area contributed by atoms with Crippen LogP contribution in [0.25, 0.3) is 0 Å². The number of nitrogens with one attached hydrogen (secondary N) is 1. The molecular weight excluding hydrogens is 504 g/mol. The van der Waals surface area contributed by atoms with Crippen molar-refractivity contribution < 1.29 is 28.6 Å². The molecule has 2 aliphatic heterocycles. The number of hydrogen-bond acceptors (Lipinski definition) is 9. The molecule has 1 aromatic heterocycles. The fourth-order valence-electron chi connectivity index (χ4n) is 6.99. The standard InChI is InChI=1S/C25H26N2O7S2/c1-4-34-15(28)9-27-23(29)18-11-8-12(19(18)24(27)30)20-17(11)16(21-22(35-20)26-25(31)36-21)10-5-6-13(32-2)14(7-10)33-3/h5-7,11-12,16-20H,4,8-9H2,1-3H3,(H,26,31)/t11-,12+,16+,17+,18-,19+,20-/m1/s1. The second-order valence-corrected chi connectivity index (χ2v) is 11.8. The van der Waals surface area contributed by atoms with Gasteiger partial charge in [-0.2, -0.15) is 0 Å². The Bertz CT molecular complexity index is 1320. The first-order valence-electron chi connectivity index (χ1n) is 12.0. The van der Waals surface area contributed by atoms with Gasteiger partial charge in [0.05, 0.1) is 37.7 Å². The summed E-state index contributed by atoms with van der Waals surface area (Å²) in [6.07, 6.45) is 0.783. The van der Waals surface area contributed by atoms with Crippen molar-refractivity contribution in [3.05, 3.63) is 38.3 Å². The van der Waals surface area contributed by atoms with Gasteiger partial charge in [0.1, 0.15) is 6.54 Å². The number of aromatic amines is 1. The zero-order valence-corrected chi connectivity index (χ0v) is 21.6. The third kappa shape index (κ3) is 3.28. The summed E-state index contributed by atoms with van der Waals surface area (Å²) < 4.78 is 16.0. The van der Waals surface area contributed by atoms with Crippen molar-refractivity contribution in [2.75, 3.05) is 27.4 Å². The molecule has 9 nitrogen and oxygen atoms in total. The number of imide groups is 1. The lowest BCUT2D eigenvalue weighted by Crippen LogP contribution is -2.42. The Morgan fingerprint density at radius 2 is 1.81 bits per heavy atom. The summed E-state index contributed by atoms with van der Waals surface area (Å²) in [5, 5.41) is 0.918. The number of H-pyrrole nitrogens is 1. The van der Waals surface area contributed by atoms with Crippen LogP contribution in [-0.2, 0) is 19.1 Å². The Kier molecular flexibility index (Phi) is 5.67. The van der Waals surface area contributed by atoms with Crippen LogP contribution >= 0.6 is 23.1 Å². The van der Waals surface area contributed by atoms with Gasteiger partial charge in [-0.05, 0) is 48.8 Å². The predicted octanol–water partition coefficient (Wildman–Crippen LogP) is 2.49. The average Bonchev–Trinajstić information content (AvgIpc) is 3.59. The van der Waals surface area contributed by atoms with Gasteiger partial charge in [0.15, 0.2) is 11.5 Å². The molecule has 4 aliphatic rings. The fraction of sp³-hybridized carbons (Fsp3) is 0.520. The predicted molar refractivity (Wildman–Crippen MR) is 131 cm³/mol. The maximum absolute atomic E-state index is 13.5. The second-order valence-electron chi connectivity index (χ2n) is 9.64. The fourth-order valence-corrected chi connectivity index (χ4v) is 9.88. The highest BCUT2D eigenvalue weighted by Gasteiger charge is 2.69. The first kappa shape index (κ1) is 23.6. The molecular formula is C25H26N2O7S2. The number of methoxy groups -OCH3 is 2. The molecule has 190 valence electrons. The van der Waals surface area contributed by atoms with Crippen LogP contribution in [0.1, 0.15) is 29.7 Å². The van der Waals surface area contributed by atoms with Crippen LogP contribution < -0.4 is 14.3 Å². The van der Waals surface area contributed by atoms with Gasteiger partial charge < -0.3 is 19.2 Å². The lowest BCUT2D eigenvalue weighted by atomic mass is 9.68. The van der Waals surface area contributed by atoms with Crippen molar-refractivity contribution >= 4 is 40.9 Å². The number of likely N-dealkylation sites (tertiary alicyclic amines) is 1. The molecule has 7 atom stereocenters. The van der Waals surface area contributed by atoms with Crippen molar-refractivity contribution in [3.8, 4) is 11.5 Å². The van der Waals surface area contributed by atoms with Crippen LogP contribution in [0.3, 0.4) is 0 Å². The van der Waals surface area contributed by atoms with Gasteiger partial charge in [0.25, 0.3) is 0 Å². The SMILES string of the molecule is CCOC(=O)CN1C(=O)[C@@H]2[C@@H]3C[C@H]([C@H]4Sc5[nH]c(=O)sc5[C@@H](c5ccc(OC)c(OC)c5)[C@H]34)[C@@H]2C1=O. The number of aromatic nitrogens is 1. The summed E-state index contributed by atoms with van der Waals surface area (Å²) in [5.41, 5.74) is 0.990. The highest BCUT2D eigenvalue weighted by atomic mass is 32.2. The van der Waals surface area contributed by atoms with E-state index in [-0.39, 0.29) is 58.8 Å². The van der Waals surface area contributed by atoms with Gasteiger partial charge in [-0.3, -0.25) is 24.1 Å². The Morgan fingerprint density at radius 3 is 2.50 bits per heavy atom. The van der Waals surface area contributed by atoms with E-state index in [1.165, 1.54) is 11.3 Å². The van der Waals surface area contributed by atoms with Gasteiger partial charge >= 0.3 is 10.8 Å². The Hall–Kier alpha value is -2.79. The number of ether oxygens (including phenoxy) is 3. The lowest BCUT2D eigenvalue weighted by molar-refractivity contribution is -0.153. The van der Waals surface area contributed by atoms with Crippen molar-refractivity contribution in [1.82, 2.24) is 9.88 Å². The Morgan fingerprint density at radius 1 is 1.08 bits per heavy atom. The summed E-state index contributed by atoms with van der Waals surface area (Å²) in [6, 6.07) is 5.80. The van der Waals surface area contributed by atoms with Crippen molar-refractivity contribution in [2.45, 2.75) is 29.5 Å². The summed E-state index contributed by atoms with van der Waals surface area (Å²) in [5.74, 6) is -0.839. The van der Waals surface area contributed by atoms with E-state index in [1.54, 1.807) is 32.9 Å². The van der Waals surface area contributed by atoms with Gasteiger partial charge in [0.2, 0.25) is 11.8 Å². The average molecular weight is 531 g/mol. The number of thioether (sulfide) groups is 1. The minimum Gasteiger partial charge on any atom is -0.493 e. The van der Waals surface area contributed by atoms with Crippen molar-refractivity contribution in [2.24, 2.45) is 29.6 Å². The monoisotopic (exact) mass is 530 g/mol. The number of carbonyl (C=O) groups excluding carboxylic acids is 3. The quantitative estimate of drug-likeness (QED) is 0.448. The van der Waals surface area contributed by atoms with E-state index in [2.05, 4.69) is 4.98 Å². The Labute approximate surface area is 215 Å². The van der Waals surface area contributed by atoms with E-state index in [0.717, 1.165) is 26.8 Å². The number of nitrogens with zero attached hydrogens (tertiary/aromatic N) is 1. The number of amides is 2. The third-order valence-corrected chi connectivity index (χ3v) is 10.8. The topological polar surface area (TPSA) is 115 Å². The second kappa shape index (κ2) is 8.65. The summed E-state index contributed by atoms with van der Waals surface area (Å²) in [7, 11) is 3.17. The minimum atomic E-state index is -0.568. The molecule has 2 aliphatic carbocycles. The highest BCUT2D eigenvalue weighted by molar-refractivity contribution is 8.00. The largest absolute Gasteiger partial charge is 0.493 e. The van der Waals surface area contributed by atoms with Crippen LogP contribution in [0.2, 0.25) is 0 Å². The summed E-state index contributed by atoms with van der Waals surface area (Å²) >= 11 is 2.83. The maximum Gasteiger partial charge on any atom is 0.326 e. The van der Waals surface area contributed by atoms with E-state index in [9.17, 15) is 19.2 Å². The first-order chi connectivity index (χ1) is 17.4. The van der Waals surface area contributed by atoms with E-state index in [0.29, 0.717) is 11.5 Å². The van der Waals surface area contributed by atoms with E-state index in [4.69, 9.17) is 14.2 Å². The minimum absolute atomic E-state index is 0.00200. The molecule has 1 saturated heterocycles. The molecule has 0 spiro atoms. The number of hydrogen-bond donors (Lipinski definition) is 1. The van der Waals surface area contributed by atoms with Gasteiger partial charge in [-0.25, -0.2) is 0 Å². The Balaban J connectivity index is 1.41. The van der Waals surface area contributed by atoms with E-state index >= 15 is 0 Å². The number of carbonyl (C=O) groups is 3. The molecule has 0 radical (unpaired) electrons. The zero-order valence-electron chi connectivity index (χ0n) is 20.0. The number of benzene rings is 1. The molecule has 2 amide bonds. The van der Waals surface area contributed by atoms with Crippen LogP contribution in [0, 0.1) is 29.6 Å². The highest BCUT2D eigenvalue weighted by Crippen LogP contribution is 2.68. The normalized spacial score (nSPS) is 31.8. The third-order valence-electron chi connectivity index (χ3n) is 8.17. The van der Waals surface area contributed by atoms with Crippen molar-refractivity contribution in [3.63, 3.8) is 0 Å². The summed E-state index contributed by atoms with van der Waals surface area (Å²) in [6.45, 7) is 1.56. The molecule has 36 heavy (non-hydrogen) atoms. The van der Waals surface area contributed by atoms with Gasteiger partial charge in [-0.15, -0.1) is 11.8 Å². The smallest absolute Gasteiger partial charge is 0.326 e. The molecule has 2 saturated carbocycles. The van der Waals surface area contributed by atoms with Crippen LogP contribution in [0.15, 0.2) is 28.0 Å². The number of thiazole rings is 1. The molecule has 0 unspecified atom stereocenters. The number of rotatable bonds is 6. The molecule has 2 aromatic rings. The molecule has 3 heterocycles. The van der Waals surface area contributed by atoms with E-state index in [1.807, 2.05) is 18.2 Å². The molecule has 6 rings (SSSR count). The van der Waals surface area contributed by atoms with Crippen LogP contribution in [-0.4, -0.2) is 60.3 Å². The van der Waals surface area contributed by atoms with Gasteiger partial charge in [0, 0.05) is 16.0 Å². The van der Waals surface area contributed by atoms with Crippen LogP contribution in [0.5, 0.6) is 11.5 Å². The molecule has 1 aromatic carbocycles. The summed E-state index contributed by atoms with van der Waals surface area (Å²) in [4.78, 5) is 56.3. The van der Waals surface area contributed by atoms with Gasteiger partial charge in [-0.1, -0.05) is 17.4 Å². The molecule has 2 bridgehead atoms. The maximum atomic E-state index is 13.5. The van der Waals surface area contributed by atoms with Crippen LogP contribution in [0.4, 0.5) is 0 Å². The molecule has 3 fully saturated rings. The van der Waals surface area contributed by atoms with E-state index < -0.39 is 17.8 Å². The lowest BCUT2D eigenvalue weighted by Gasteiger charge is -2.43. The first-order valence-corrected chi connectivity index (χ1v) is 13.7. The number of esters is 1.